The molecular formula is C12H17ClFN3O. The highest BCUT2D eigenvalue weighted by atomic mass is 35.5. The number of nitrogen functional groups attached to an aromatic ring is 2. The number of benzene rings is 1. The first-order chi connectivity index (χ1) is 8.50. The van der Waals surface area contributed by atoms with Gasteiger partial charge in [0.25, 0.3) is 0 Å². The minimum absolute atomic E-state index is 0.0302. The maximum absolute atomic E-state index is 14.2. The number of nitrogens with zero attached hydrogens (tertiary/aromatic N) is 1. The molecule has 0 spiro atoms. The van der Waals surface area contributed by atoms with E-state index >= 15 is 0 Å². The highest BCUT2D eigenvalue weighted by Gasteiger charge is 2.23. The van der Waals surface area contributed by atoms with Crippen LogP contribution in [0.2, 0.25) is 5.02 Å². The lowest BCUT2D eigenvalue weighted by molar-refractivity contribution is 0.0820. The van der Waals surface area contributed by atoms with E-state index in [1.54, 1.807) is 0 Å². The van der Waals surface area contributed by atoms with Crippen LogP contribution >= 0.6 is 11.6 Å². The highest BCUT2D eigenvalue weighted by molar-refractivity contribution is 6.33. The first-order valence-corrected chi connectivity index (χ1v) is 6.28. The molecule has 6 heteroatoms. The maximum Gasteiger partial charge on any atom is 0.169 e. The Bertz CT molecular complexity index is 455. The molecule has 1 heterocycles. The van der Waals surface area contributed by atoms with E-state index in [-0.39, 0.29) is 16.8 Å². The summed E-state index contributed by atoms with van der Waals surface area (Å²) < 4.78 is 19.7. The average molecular weight is 274 g/mol. The van der Waals surface area contributed by atoms with Gasteiger partial charge in [-0.25, -0.2) is 4.39 Å². The van der Waals surface area contributed by atoms with Crippen LogP contribution in [0.4, 0.5) is 21.5 Å². The lowest BCUT2D eigenvalue weighted by Gasteiger charge is -2.26. The summed E-state index contributed by atoms with van der Waals surface area (Å²) in [6.45, 7) is 3.89. The lowest BCUT2D eigenvalue weighted by atomic mass is 10.2. The summed E-state index contributed by atoms with van der Waals surface area (Å²) in [7, 11) is 0. The SMILES string of the molecule is CC1CN(c2c(N)cc(N)c(Cl)c2F)CCCO1. The van der Waals surface area contributed by atoms with E-state index in [1.165, 1.54) is 6.07 Å². The molecule has 1 unspecified atom stereocenters. The van der Waals surface area contributed by atoms with Gasteiger partial charge in [0, 0.05) is 19.7 Å². The zero-order valence-electron chi connectivity index (χ0n) is 10.2. The Morgan fingerprint density at radius 1 is 1.44 bits per heavy atom. The molecule has 0 aliphatic carbocycles. The molecule has 1 aliphatic rings. The van der Waals surface area contributed by atoms with Crippen LogP contribution in [-0.2, 0) is 4.74 Å². The number of rotatable bonds is 1. The van der Waals surface area contributed by atoms with E-state index in [2.05, 4.69) is 0 Å². The minimum atomic E-state index is -0.553. The van der Waals surface area contributed by atoms with Gasteiger partial charge in [0.05, 0.1) is 23.2 Å². The molecule has 100 valence electrons. The molecule has 0 aromatic heterocycles. The first kappa shape index (κ1) is 13.2. The lowest BCUT2D eigenvalue weighted by Crippen LogP contribution is -2.31. The zero-order valence-corrected chi connectivity index (χ0v) is 11.0. The van der Waals surface area contributed by atoms with Crippen LogP contribution in [0.25, 0.3) is 0 Å². The smallest absolute Gasteiger partial charge is 0.169 e. The van der Waals surface area contributed by atoms with Gasteiger partial charge >= 0.3 is 0 Å². The molecule has 1 atom stereocenters. The molecule has 1 aromatic carbocycles. The molecule has 4 nitrogen and oxygen atoms in total. The van der Waals surface area contributed by atoms with Crippen LogP contribution in [0.1, 0.15) is 13.3 Å². The summed E-state index contributed by atoms with van der Waals surface area (Å²) in [6, 6.07) is 1.50. The molecule has 1 aromatic rings. The van der Waals surface area contributed by atoms with Gasteiger partial charge in [-0.15, -0.1) is 0 Å². The van der Waals surface area contributed by atoms with Crippen molar-refractivity contribution in [1.29, 1.82) is 0 Å². The Morgan fingerprint density at radius 2 is 2.17 bits per heavy atom. The van der Waals surface area contributed by atoms with Crippen LogP contribution in [0, 0.1) is 5.82 Å². The van der Waals surface area contributed by atoms with Gasteiger partial charge in [-0.2, -0.15) is 0 Å². The Kier molecular flexibility index (Phi) is 3.82. The topological polar surface area (TPSA) is 64.5 Å². The van der Waals surface area contributed by atoms with Crippen LogP contribution < -0.4 is 16.4 Å². The van der Waals surface area contributed by atoms with Gasteiger partial charge in [-0.05, 0) is 19.4 Å². The van der Waals surface area contributed by atoms with Crippen LogP contribution in [0.15, 0.2) is 6.07 Å². The van der Waals surface area contributed by atoms with Crippen molar-refractivity contribution in [3.63, 3.8) is 0 Å². The first-order valence-electron chi connectivity index (χ1n) is 5.90. The molecule has 1 saturated heterocycles. The quantitative estimate of drug-likeness (QED) is 0.771. The number of halogens is 2. The Labute approximate surface area is 111 Å². The van der Waals surface area contributed by atoms with Crippen molar-refractivity contribution >= 4 is 28.7 Å². The van der Waals surface area contributed by atoms with Crippen molar-refractivity contribution in [2.24, 2.45) is 0 Å². The van der Waals surface area contributed by atoms with Gasteiger partial charge in [0.2, 0.25) is 0 Å². The van der Waals surface area contributed by atoms with Crippen molar-refractivity contribution in [2.45, 2.75) is 19.4 Å². The van der Waals surface area contributed by atoms with E-state index in [0.29, 0.717) is 31.1 Å². The fourth-order valence-corrected chi connectivity index (χ4v) is 2.32. The van der Waals surface area contributed by atoms with E-state index in [0.717, 1.165) is 6.42 Å². The summed E-state index contributed by atoms with van der Waals surface area (Å²) in [5.74, 6) is -0.553. The minimum Gasteiger partial charge on any atom is -0.397 e. The molecule has 1 fully saturated rings. The average Bonchev–Trinajstić information content (AvgIpc) is 2.51. The molecule has 1 aliphatic heterocycles. The van der Waals surface area contributed by atoms with Gasteiger partial charge in [0.15, 0.2) is 5.82 Å². The molecule has 18 heavy (non-hydrogen) atoms. The fraction of sp³-hybridized carbons (Fsp3) is 0.500. The number of hydrogen-bond acceptors (Lipinski definition) is 4. The molecule has 0 saturated carbocycles. The van der Waals surface area contributed by atoms with E-state index < -0.39 is 5.82 Å². The monoisotopic (exact) mass is 273 g/mol. The second kappa shape index (κ2) is 5.20. The van der Waals surface area contributed by atoms with E-state index in [4.69, 9.17) is 27.8 Å². The highest BCUT2D eigenvalue weighted by Crippen LogP contribution is 2.36. The summed E-state index contributed by atoms with van der Waals surface area (Å²) in [5, 5.41) is -0.0722. The number of anilines is 3. The van der Waals surface area contributed by atoms with Crippen molar-refractivity contribution in [3.05, 3.63) is 16.9 Å². The molecular weight excluding hydrogens is 257 g/mol. The van der Waals surface area contributed by atoms with Crippen molar-refractivity contribution in [3.8, 4) is 0 Å². The van der Waals surface area contributed by atoms with Crippen LogP contribution in [-0.4, -0.2) is 25.8 Å². The van der Waals surface area contributed by atoms with Gasteiger partial charge in [-0.1, -0.05) is 11.6 Å². The molecule has 4 N–H and O–H groups in total. The van der Waals surface area contributed by atoms with Gasteiger partial charge in [0.1, 0.15) is 5.02 Å². The van der Waals surface area contributed by atoms with Gasteiger partial charge in [-0.3, -0.25) is 0 Å². The molecule has 0 radical (unpaired) electrons. The molecule has 0 bridgehead atoms. The Morgan fingerprint density at radius 3 is 2.89 bits per heavy atom. The summed E-state index contributed by atoms with van der Waals surface area (Å²) in [5.41, 5.74) is 12.2. The van der Waals surface area contributed by atoms with E-state index in [9.17, 15) is 4.39 Å². The van der Waals surface area contributed by atoms with Crippen molar-refractivity contribution < 1.29 is 9.13 Å². The normalized spacial score (nSPS) is 20.8. The van der Waals surface area contributed by atoms with Crippen molar-refractivity contribution in [1.82, 2.24) is 0 Å². The van der Waals surface area contributed by atoms with Crippen molar-refractivity contribution in [2.75, 3.05) is 36.1 Å². The Balaban J connectivity index is 2.40. The predicted molar refractivity (Wildman–Crippen MR) is 72.5 cm³/mol. The fourth-order valence-electron chi connectivity index (χ4n) is 2.18. The largest absolute Gasteiger partial charge is 0.397 e. The second-order valence-electron chi connectivity index (χ2n) is 4.51. The second-order valence-corrected chi connectivity index (χ2v) is 4.89. The van der Waals surface area contributed by atoms with Crippen LogP contribution in [0.5, 0.6) is 0 Å². The Hall–Kier alpha value is -1.20. The van der Waals surface area contributed by atoms with Gasteiger partial charge < -0.3 is 21.1 Å². The standard InChI is InChI=1S/C12H17ClFN3O/c1-7-6-17(3-2-4-18-7)12-9(16)5-8(15)10(13)11(12)14/h5,7H,2-4,6,15-16H2,1H3. The third-order valence-corrected chi connectivity index (χ3v) is 3.39. The predicted octanol–water partition coefficient (Wildman–Crippen LogP) is 2.26. The van der Waals surface area contributed by atoms with E-state index in [1.807, 2.05) is 11.8 Å². The molecule has 2 rings (SSSR count). The number of hydrogen-bond donors (Lipinski definition) is 2. The maximum atomic E-state index is 14.2. The summed E-state index contributed by atoms with van der Waals surface area (Å²) in [4.78, 5) is 1.87. The summed E-state index contributed by atoms with van der Waals surface area (Å²) >= 11 is 5.84. The third-order valence-electron chi connectivity index (χ3n) is 3.01. The molecule has 0 amide bonds. The third kappa shape index (κ3) is 2.47. The summed E-state index contributed by atoms with van der Waals surface area (Å²) in [6.07, 6.45) is 0.855. The van der Waals surface area contributed by atoms with Crippen LogP contribution in [0.3, 0.4) is 0 Å². The number of ether oxygens (including phenoxy) is 1. The zero-order chi connectivity index (χ0) is 13.3. The number of nitrogens with two attached hydrogens (primary N) is 2.